The monoisotopic (exact) mass is 596 g/mol. The molecule has 45 heavy (non-hydrogen) atoms. The van der Waals surface area contributed by atoms with Gasteiger partial charge in [-0.25, -0.2) is 0 Å². The lowest BCUT2D eigenvalue weighted by Gasteiger charge is -2.19. The molecule has 0 saturated carbocycles. The van der Waals surface area contributed by atoms with E-state index >= 15 is 0 Å². The predicted octanol–water partition coefficient (Wildman–Crippen LogP) is 9.15. The van der Waals surface area contributed by atoms with Crippen molar-refractivity contribution in [2.24, 2.45) is 0 Å². The van der Waals surface area contributed by atoms with Crippen molar-refractivity contribution >= 4 is 45.0 Å². The van der Waals surface area contributed by atoms with Gasteiger partial charge in [0.05, 0.1) is 11.0 Å². The van der Waals surface area contributed by atoms with Crippen LogP contribution >= 0.6 is 7.14 Å². The molecule has 8 aromatic rings. The second kappa shape index (κ2) is 11.2. The Kier molecular flexibility index (Phi) is 6.74. The molecule has 4 heteroatoms. The van der Waals surface area contributed by atoms with Gasteiger partial charge in [0, 0.05) is 38.8 Å². The van der Waals surface area contributed by atoms with E-state index in [4.69, 9.17) is 4.98 Å². The molecule has 0 aliphatic carbocycles. The van der Waals surface area contributed by atoms with Crippen molar-refractivity contribution in [3.63, 3.8) is 0 Å². The summed E-state index contributed by atoms with van der Waals surface area (Å²) in [6, 6.07) is 57.7. The number of rotatable bonds is 6. The summed E-state index contributed by atoms with van der Waals surface area (Å²) in [5.41, 5.74) is 8.44. The summed E-state index contributed by atoms with van der Waals surface area (Å²) < 4.78 is 17.1. The first kappa shape index (κ1) is 27.1. The van der Waals surface area contributed by atoms with E-state index in [-0.39, 0.29) is 0 Å². The Balaban J connectivity index is 1.18. The summed E-state index contributed by atoms with van der Waals surface area (Å²) in [5, 5.41) is 4.02. The molecule has 214 valence electrons. The van der Waals surface area contributed by atoms with Crippen LogP contribution in [0.3, 0.4) is 0 Å². The lowest BCUT2D eigenvalue weighted by Crippen LogP contribution is -2.26. The zero-order valence-corrected chi connectivity index (χ0v) is 25.4. The van der Waals surface area contributed by atoms with Crippen molar-refractivity contribution in [1.29, 1.82) is 0 Å². The summed E-state index contributed by atoms with van der Waals surface area (Å²) in [4.78, 5) is 4.82. The predicted molar refractivity (Wildman–Crippen MR) is 189 cm³/mol. The lowest BCUT2D eigenvalue weighted by molar-refractivity contribution is 0.592. The van der Waals surface area contributed by atoms with Crippen molar-refractivity contribution in [3.8, 4) is 27.9 Å². The van der Waals surface area contributed by atoms with Crippen LogP contribution in [0, 0.1) is 0 Å². The van der Waals surface area contributed by atoms with Gasteiger partial charge in [0.25, 0.3) is 0 Å². The van der Waals surface area contributed by atoms with E-state index in [1.165, 1.54) is 21.8 Å². The SMILES string of the molecule is O=P(c1ccccc1)(c1ccccc1)c1ccc(-c2cccc(-c3ccc4c(c3)c3ccccc3n4-c3ccccc3)c2)cn1. The van der Waals surface area contributed by atoms with Crippen LogP contribution in [0.15, 0.2) is 176 Å². The zero-order valence-electron chi connectivity index (χ0n) is 24.5. The molecule has 0 radical (unpaired) electrons. The summed E-state index contributed by atoms with van der Waals surface area (Å²) in [6.07, 6.45) is 1.85. The molecule has 0 N–H and O–H groups in total. The fourth-order valence-corrected chi connectivity index (χ4v) is 8.83. The van der Waals surface area contributed by atoms with Gasteiger partial charge < -0.3 is 9.13 Å². The fourth-order valence-electron chi connectivity index (χ4n) is 6.32. The third kappa shape index (κ3) is 4.70. The molecule has 3 nitrogen and oxygen atoms in total. The van der Waals surface area contributed by atoms with Crippen LogP contribution in [0.2, 0.25) is 0 Å². The van der Waals surface area contributed by atoms with Gasteiger partial charge >= 0.3 is 0 Å². The normalized spacial score (nSPS) is 11.6. The minimum absolute atomic E-state index is 0.583. The molecule has 0 bridgehead atoms. The van der Waals surface area contributed by atoms with Gasteiger partial charge in [-0.15, -0.1) is 0 Å². The molecular weight excluding hydrogens is 567 g/mol. The first-order chi connectivity index (χ1) is 22.2. The summed E-state index contributed by atoms with van der Waals surface area (Å²) in [5.74, 6) is 0. The molecule has 2 aromatic heterocycles. The van der Waals surface area contributed by atoms with Crippen molar-refractivity contribution in [2.75, 3.05) is 0 Å². The quantitative estimate of drug-likeness (QED) is 0.180. The topological polar surface area (TPSA) is 34.9 Å². The van der Waals surface area contributed by atoms with Crippen LogP contribution in [0.5, 0.6) is 0 Å². The van der Waals surface area contributed by atoms with E-state index in [1.807, 2.05) is 79.0 Å². The third-order valence-corrected chi connectivity index (χ3v) is 11.5. The molecule has 8 rings (SSSR count). The minimum atomic E-state index is -3.12. The van der Waals surface area contributed by atoms with E-state index in [0.717, 1.165) is 38.6 Å². The highest BCUT2D eigenvalue weighted by Gasteiger charge is 2.31. The molecule has 0 amide bonds. The Bertz CT molecular complexity index is 2280. The molecule has 0 unspecified atom stereocenters. The molecule has 0 spiro atoms. The second-order valence-electron chi connectivity index (χ2n) is 11.2. The molecule has 6 aromatic carbocycles. The molecule has 0 saturated heterocycles. The average Bonchev–Trinajstić information content (AvgIpc) is 3.46. The zero-order chi connectivity index (χ0) is 30.2. The van der Waals surface area contributed by atoms with Crippen LogP contribution in [-0.2, 0) is 4.57 Å². The highest BCUT2D eigenvalue weighted by atomic mass is 31.2. The van der Waals surface area contributed by atoms with Gasteiger partial charge in [0.2, 0.25) is 0 Å². The van der Waals surface area contributed by atoms with Crippen molar-refractivity contribution in [3.05, 3.63) is 176 Å². The second-order valence-corrected chi connectivity index (χ2v) is 13.9. The number of aromatic nitrogens is 2. The van der Waals surface area contributed by atoms with Gasteiger partial charge in [-0.1, -0.05) is 127 Å². The number of pyridine rings is 1. The van der Waals surface area contributed by atoms with Crippen LogP contribution in [0.1, 0.15) is 0 Å². The summed E-state index contributed by atoms with van der Waals surface area (Å²) >= 11 is 0. The Morgan fingerprint density at radius 1 is 0.444 bits per heavy atom. The Morgan fingerprint density at radius 2 is 1.00 bits per heavy atom. The van der Waals surface area contributed by atoms with Crippen LogP contribution in [-0.4, -0.2) is 9.55 Å². The van der Waals surface area contributed by atoms with Crippen molar-refractivity contribution < 1.29 is 4.57 Å². The van der Waals surface area contributed by atoms with Crippen LogP contribution in [0.4, 0.5) is 0 Å². The Morgan fingerprint density at radius 3 is 1.67 bits per heavy atom. The number of fused-ring (bicyclic) bond motifs is 3. The molecular formula is C41H29N2OP. The number of nitrogens with zero attached hydrogens (tertiary/aromatic N) is 2. The molecule has 0 aliphatic rings. The number of hydrogen-bond donors (Lipinski definition) is 0. The van der Waals surface area contributed by atoms with Gasteiger partial charge in [-0.05, 0) is 59.2 Å². The Labute approximate surface area is 262 Å². The van der Waals surface area contributed by atoms with Crippen LogP contribution < -0.4 is 16.0 Å². The van der Waals surface area contributed by atoms with E-state index in [1.54, 1.807) is 0 Å². The Hall–Kier alpha value is -5.50. The van der Waals surface area contributed by atoms with E-state index in [9.17, 15) is 4.57 Å². The molecule has 0 fully saturated rings. The smallest absolute Gasteiger partial charge is 0.188 e. The molecule has 0 atom stereocenters. The van der Waals surface area contributed by atoms with E-state index in [0.29, 0.717) is 5.44 Å². The van der Waals surface area contributed by atoms with Gasteiger partial charge in [0.1, 0.15) is 5.44 Å². The highest BCUT2D eigenvalue weighted by Crippen LogP contribution is 2.42. The standard InChI is InChI=1S/C41H29N2OP/c44-45(35-17-6-2-7-18-35,36-19-8-3-9-20-36)41-26-24-33(29-42-41)31-14-12-13-30(27-31)32-23-25-40-38(28-32)37-21-10-11-22-39(37)43(40)34-15-4-1-5-16-34/h1-29H. The maximum Gasteiger partial charge on any atom is 0.188 e. The minimum Gasteiger partial charge on any atom is -0.309 e. The van der Waals surface area contributed by atoms with Gasteiger partial charge in [0.15, 0.2) is 7.14 Å². The fraction of sp³-hybridized carbons (Fsp3) is 0. The lowest BCUT2D eigenvalue weighted by atomic mass is 9.98. The highest BCUT2D eigenvalue weighted by molar-refractivity contribution is 7.85. The van der Waals surface area contributed by atoms with Gasteiger partial charge in [-0.3, -0.25) is 4.98 Å². The molecule has 2 heterocycles. The van der Waals surface area contributed by atoms with E-state index < -0.39 is 7.14 Å². The summed E-state index contributed by atoms with van der Waals surface area (Å²) in [6.45, 7) is 0. The molecule has 0 aliphatic heterocycles. The maximum atomic E-state index is 14.7. The summed E-state index contributed by atoms with van der Waals surface area (Å²) in [7, 11) is -3.12. The third-order valence-electron chi connectivity index (χ3n) is 8.53. The number of hydrogen-bond acceptors (Lipinski definition) is 2. The largest absolute Gasteiger partial charge is 0.309 e. The maximum absolute atomic E-state index is 14.7. The average molecular weight is 597 g/mol. The first-order valence-corrected chi connectivity index (χ1v) is 16.8. The number of para-hydroxylation sites is 2. The van der Waals surface area contributed by atoms with Gasteiger partial charge in [-0.2, -0.15) is 0 Å². The first-order valence-electron chi connectivity index (χ1n) is 15.1. The van der Waals surface area contributed by atoms with Crippen molar-refractivity contribution in [1.82, 2.24) is 9.55 Å². The van der Waals surface area contributed by atoms with Crippen LogP contribution in [0.25, 0.3) is 49.7 Å². The van der Waals surface area contributed by atoms with Crippen molar-refractivity contribution in [2.45, 2.75) is 0 Å². The number of benzene rings is 6. The van der Waals surface area contributed by atoms with E-state index in [2.05, 4.69) is 102 Å².